The van der Waals surface area contributed by atoms with E-state index in [0.717, 1.165) is 11.1 Å². The summed E-state index contributed by atoms with van der Waals surface area (Å²) in [5.74, 6) is 0.244. The van der Waals surface area contributed by atoms with Gasteiger partial charge < -0.3 is 10.1 Å². The van der Waals surface area contributed by atoms with Crippen LogP contribution in [0.15, 0.2) is 36.7 Å². The van der Waals surface area contributed by atoms with Gasteiger partial charge in [-0.05, 0) is 17.7 Å². The summed E-state index contributed by atoms with van der Waals surface area (Å²) in [6.45, 7) is 5.25. The van der Waals surface area contributed by atoms with Crippen LogP contribution in [0.25, 0.3) is 0 Å². The largest absolute Gasteiger partial charge is 0.463 e. The molecule has 0 radical (unpaired) electrons. The van der Waals surface area contributed by atoms with Crippen LogP contribution in [0.4, 0.5) is 10.3 Å². The third kappa shape index (κ3) is 4.25. The van der Waals surface area contributed by atoms with Crippen LogP contribution >= 0.6 is 0 Å². The topological polar surface area (TPSA) is 64.1 Å². The molecule has 2 rings (SSSR count). The SMILES string of the molecule is CC(C)(CNc1ncc(COC=O)cn1)c1ccc(F)cc1. The zero-order chi connectivity index (χ0) is 16.0. The van der Waals surface area contributed by atoms with Gasteiger partial charge in [-0.1, -0.05) is 26.0 Å². The first-order chi connectivity index (χ1) is 10.5. The van der Waals surface area contributed by atoms with Crippen LogP contribution < -0.4 is 5.32 Å². The van der Waals surface area contributed by atoms with Gasteiger partial charge in [-0.3, -0.25) is 4.79 Å². The van der Waals surface area contributed by atoms with E-state index in [1.54, 1.807) is 24.5 Å². The van der Waals surface area contributed by atoms with E-state index in [1.807, 2.05) is 0 Å². The normalized spacial score (nSPS) is 11.0. The molecule has 1 heterocycles. The van der Waals surface area contributed by atoms with Crippen molar-refractivity contribution in [3.8, 4) is 0 Å². The molecule has 0 fully saturated rings. The fourth-order valence-electron chi connectivity index (χ4n) is 1.95. The number of anilines is 1. The third-order valence-corrected chi connectivity index (χ3v) is 3.34. The lowest BCUT2D eigenvalue weighted by atomic mass is 9.84. The average molecular weight is 303 g/mol. The minimum Gasteiger partial charge on any atom is -0.463 e. The Bertz CT molecular complexity index is 612. The van der Waals surface area contributed by atoms with Crippen LogP contribution in [0.3, 0.4) is 0 Å². The van der Waals surface area contributed by atoms with Crippen molar-refractivity contribution in [2.45, 2.75) is 25.9 Å². The lowest BCUT2D eigenvalue weighted by molar-refractivity contribution is -0.129. The molecule has 0 bridgehead atoms. The van der Waals surface area contributed by atoms with Crippen molar-refractivity contribution < 1.29 is 13.9 Å². The minimum atomic E-state index is -0.246. The number of carbonyl (C=O) groups is 1. The van der Waals surface area contributed by atoms with E-state index in [4.69, 9.17) is 0 Å². The predicted octanol–water partition coefficient (Wildman–Crippen LogP) is 2.68. The maximum Gasteiger partial charge on any atom is 0.293 e. The van der Waals surface area contributed by atoms with E-state index < -0.39 is 0 Å². The number of benzene rings is 1. The number of rotatable bonds is 7. The Labute approximate surface area is 128 Å². The fourth-order valence-corrected chi connectivity index (χ4v) is 1.95. The highest BCUT2D eigenvalue weighted by molar-refractivity contribution is 5.37. The smallest absolute Gasteiger partial charge is 0.293 e. The molecule has 0 aliphatic heterocycles. The molecule has 6 heteroatoms. The van der Waals surface area contributed by atoms with Crippen LogP contribution in [0.1, 0.15) is 25.0 Å². The molecule has 22 heavy (non-hydrogen) atoms. The van der Waals surface area contributed by atoms with Gasteiger partial charge in [0.05, 0.1) is 0 Å². The highest BCUT2D eigenvalue weighted by atomic mass is 19.1. The summed E-state index contributed by atoms with van der Waals surface area (Å²) in [6.07, 6.45) is 3.20. The van der Waals surface area contributed by atoms with Crippen molar-refractivity contribution >= 4 is 12.4 Å². The fraction of sp³-hybridized carbons (Fsp3) is 0.312. The lowest BCUT2D eigenvalue weighted by Crippen LogP contribution is -2.28. The molecule has 2 aromatic rings. The van der Waals surface area contributed by atoms with Crippen molar-refractivity contribution in [1.82, 2.24) is 9.97 Å². The first-order valence-electron chi connectivity index (χ1n) is 6.87. The van der Waals surface area contributed by atoms with Gasteiger partial charge in [0.2, 0.25) is 5.95 Å². The molecule has 0 spiro atoms. The van der Waals surface area contributed by atoms with Gasteiger partial charge in [0.15, 0.2) is 0 Å². The summed E-state index contributed by atoms with van der Waals surface area (Å²) in [4.78, 5) is 18.4. The molecule has 1 aromatic carbocycles. The number of nitrogens with one attached hydrogen (secondary N) is 1. The van der Waals surface area contributed by atoms with Gasteiger partial charge in [-0.15, -0.1) is 0 Å². The first kappa shape index (κ1) is 15.9. The Morgan fingerprint density at radius 3 is 2.45 bits per heavy atom. The average Bonchev–Trinajstić information content (AvgIpc) is 2.52. The van der Waals surface area contributed by atoms with Crippen LogP contribution in [0, 0.1) is 5.82 Å². The van der Waals surface area contributed by atoms with Crippen LogP contribution in [-0.4, -0.2) is 23.0 Å². The quantitative estimate of drug-likeness (QED) is 0.797. The van der Waals surface area contributed by atoms with Gasteiger partial charge in [0, 0.05) is 29.9 Å². The van der Waals surface area contributed by atoms with E-state index in [9.17, 15) is 9.18 Å². The van der Waals surface area contributed by atoms with Gasteiger partial charge >= 0.3 is 0 Å². The van der Waals surface area contributed by atoms with Gasteiger partial charge in [-0.25, -0.2) is 14.4 Å². The molecule has 116 valence electrons. The Hall–Kier alpha value is -2.50. The van der Waals surface area contributed by atoms with Crippen molar-refractivity contribution in [1.29, 1.82) is 0 Å². The predicted molar refractivity (Wildman–Crippen MR) is 80.8 cm³/mol. The molecule has 0 unspecified atom stereocenters. The molecule has 1 aromatic heterocycles. The Balaban J connectivity index is 1.96. The van der Waals surface area contributed by atoms with E-state index in [1.165, 1.54) is 12.1 Å². The van der Waals surface area contributed by atoms with Crippen LogP contribution in [0.2, 0.25) is 0 Å². The Kier molecular flexibility index (Phi) is 5.04. The highest BCUT2D eigenvalue weighted by Gasteiger charge is 2.20. The van der Waals surface area contributed by atoms with Crippen LogP contribution in [-0.2, 0) is 21.6 Å². The molecule has 0 atom stereocenters. The molecule has 0 aliphatic rings. The number of ether oxygens (including phenoxy) is 1. The van der Waals surface area contributed by atoms with E-state index in [2.05, 4.69) is 33.9 Å². The third-order valence-electron chi connectivity index (χ3n) is 3.34. The molecule has 0 aliphatic carbocycles. The molecule has 0 amide bonds. The summed E-state index contributed by atoms with van der Waals surface area (Å²) in [6, 6.07) is 6.46. The zero-order valence-electron chi connectivity index (χ0n) is 12.5. The Morgan fingerprint density at radius 2 is 1.86 bits per heavy atom. The summed E-state index contributed by atoms with van der Waals surface area (Å²) >= 11 is 0. The van der Waals surface area contributed by atoms with Crippen LogP contribution in [0.5, 0.6) is 0 Å². The van der Waals surface area contributed by atoms with Crippen molar-refractivity contribution in [2.75, 3.05) is 11.9 Å². The second kappa shape index (κ2) is 6.98. The molecule has 1 N–H and O–H groups in total. The second-order valence-corrected chi connectivity index (χ2v) is 5.57. The molecule has 0 saturated carbocycles. The number of halogens is 1. The molecule has 5 nitrogen and oxygen atoms in total. The van der Waals surface area contributed by atoms with E-state index in [0.29, 0.717) is 19.0 Å². The summed E-state index contributed by atoms with van der Waals surface area (Å²) in [5, 5.41) is 3.16. The van der Waals surface area contributed by atoms with Crippen molar-refractivity contribution in [3.05, 3.63) is 53.6 Å². The molecule has 0 saturated heterocycles. The summed E-state index contributed by atoms with van der Waals surface area (Å²) in [7, 11) is 0. The van der Waals surface area contributed by atoms with Crippen molar-refractivity contribution in [3.63, 3.8) is 0 Å². The number of carbonyl (C=O) groups excluding carboxylic acids is 1. The molecular formula is C16H18FN3O2. The zero-order valence-corrected chi connectivity index (χ0v) is 12.5. The first-order valence-corrected chi connectivity index (χ1v) is 6.87. The second-order valence-electron chi connectivity index (χ2n) is 5.57. The maximum absolute atomic E-state index is 13.0. The van der Waals surface area contributed by atoms with Gasteiger partial charge in [-0.2, -0.15) is 0 Å². The Morgan fingerprint density at radius 1 is 1.23 bits per heavy atom. The molecular weight excluding hydrogens is 285 g/mol. The minimum absolute atomic E-state index is 0.158. The van der Waals surface area contributed by atoms with Gasteiger partial charge in [0.1, 0.15) is 12.4 Å². The highest BCUT2D eigenvalue weighted by Crippen LogP contribution is 2.23. The van der Waals surface area contributed by atoms with E-state index in [-0.39, 0.29) is 17.8 Å². The van der Waals surface area contributed by atoms with E-state index >= 15 is 0 Å². The summed E-state index contributed by atoms with van der Waals surface area (Å²) in [5.41, 5.74) is 1.55. The monoisotopic (exact) mass is 303 g/mol. The summed E-state index contributed by atoms with van der Waals surface area (Å²) < 4.78 is 17.6. The number of nitrogens with zero attached hydrogens (tertiary/aromatic N) is 2. The number of aromatic nitrogens is 2. The lowest BCUT2D eigenvalue weighted by Gasteiger charge is -2.25. The van der Waals surface area contributed by atoms with Gasteiger partial charge in [0.25, 0.3) is 6.47 Å². The number of hydrogen-bond acceptors (Lipinski definition) is 5. The standard InChI is InChI=1S/C16H18FN3O2/c1-16(2,13-3-5-14(17)6-4-13)10-20-15-18-7-12(8-19-15)9-22-11-21/h3-8,11H,9-10H2,1-2H3,(H,18,19,20). The maximum atomic E-state index is 13.0. The number of hydrogen-bond donors (Lipinski definition) is 1. The van der Waals surface area contributed by atoms with Crippen molar-refractivity contribution in [2.24, 2.45) is 0 Å².